The van der Waals surface area contributed by atoms with Crippen LogP contribution in [0, 0.1) is 6.92 Å². The lowest BCUT2D eigenvalue weighted by atomic mass is 10.1. The molecule has 2 aromatic rings. The first-order valence-electron chi connectivity index (χ1n) is 6.50. The molecule has 0 aliphatic carbocycles. The Bertz CT molecular complexity index is 709. The standard InChI is InChI=1S/C16H16ClNO3S/c1-10-8-13(20-2)14(21-3)9-12(10)18-16(19)7-5-11-4-6-15(17)22-11/h4-9H,1-3H3,(H,18,19)/b7-5+. The lowest BCUT2D eigenvalue weighted by molar-refractivity contribution is -0.111. The van der Waals surface area contributed by atoms with E-state index in [0.29, 0.717) is 21.5 Å². The highest BCUT2D eigenvalue weighted by molar-refractivity contribution is 7.17. The zero-order valence-corrected chi connectivity index (χ0v) is 14.0. The molecule has 0 radical (unpaired) electrons. The fourth-order valence-electron chi connectivity index (χ4n) is 1.87. The van der Waals surface area contributed by atoms with E-state index in [4.69, 9.17) is 21.1 Å². The highest BCUT2D eigenvalue weighted by Crippen LogP contribution is 2.32. The summed E-state index contributed by atoms with van der Waals surface area (Å²) >= 11 is 7.26. The Kier molecular flexibility index (Phi) is 5.46. The maximum absolute atomic E-state index is 12.0. The molecular formula is C16H16ClNO3S. The molecular weight excluding hydrogens is 322 g/mol. The van der Waals surface area contributed by atoms with Crippen molar-refractivity contribution in [3.63, 3.8) is 0 Å². The summed E-state index contributed by atoms with van der Waals surface area (Å²) in [6, 6.07) is 7.21. The molecule has 1 heterocycles. The molecule has 0 saturated heterocycles. The molecule has 0 aliphatic rings. The minimum atomic E-state index is -0.222. The number of benzene rings is 1. The van der Waals surface area contributed by atoms with Crippen molar-refractivity contribution in [2.75, 3.05) is 19.5 Å². The summed E-state index contributed by atoms with van der Waals surface area (Å²) in [6.45, 7) is 1.89. The van der Waals surface area contributed by atoms with Crippen LogP contribution >= 0.6 is 22.9 Å². The average Bonchev–Trinajstić information content (AvgIpc) is 2.92. The Labute approximate surface area is 138 Å². The van der Waals surface area contributed by atoms with Crippen molar-refractivity contribution < 1.29 is 14.3 Å². The van der Waals surface area contributed by atoms with Crippen LogP contribution in [-0.4, -0.2) is 20.1 Å². The van der Waals surface area contributed by atoms with Crippen LogP contribution in [0.1, 0.15) is 10.4 Å². The van der Waals surface area contributed by atoms with Gasteiger partial charge < -0.3 is 14.8 Å². The molecule has 4 nitrogen and oxygen atoms in total. The highest BCUT2D eigenvalue weighted by Gasteiger charge is 2.09. The van der Waals surface area contributed by atoms with E-state index in [-0.39, 0.29) is 5.91 Å². The van der Waals surface area contributed by atoms with Gasteiger partial charge in [-0.25, -0.2) is 0 Å². The number of amides is 1. The number of anilines is 1. The van der Waals surface area contributed by atoms with Gasteiger partial charge in [-0.3, -0.25) is 4.79 Å². The van der Waals surface area contributed by atoms with Crippen molar-refractivity contribution in [1.82, 2.24) is 0 Å². The molecule has 0 bridgehead atoms. The molecule has 0 saturated carbocycles. The van der Waals surface area contributed by atoms with Crippen LogP contribution in [0.4, 0.5) is 5.69 Å². The minimum absolute atomic E-state index is 0.222. The molecule has 22 heavy (non-hydrogen) atoms. The number of carbonyl (C=O) groups excluding carboxylic acids is 1. The molecule has 1 amide bonds. The Morgan fingerprint density at radius 3 is 2.50 bits per heavy atom. The lowest BCUT2D eigenvalue weighted by Gasteiger charge is -2.12. The van der Waals surface area contributed by atoms with Gasteiger partial charge in [0, 0.05) is 22.7 Å². The number of halogens is 1. The predicted molar refractivity (Wildman–Crippen MR) is 91.3 cm³/mol. The van der Waals surface area contributed by atoms with E-state index in [1.54, 1.807) is 32.4 Å². The fraction of sp³-hybridized carbons (Fsp3) is 0.188. The average molecular weight is 338 g/mol. The lowest BCUT2D eigenvalue weighted by Crippen LogP contribution is -2.09. The summed E-state index contributed by atoms with van der Waals surface area (Å²) < 4.78 is 11.2. The second-order valence-electron chi connectivity index (χ2n) is 4.49. The highest BCUT2D eigenvalue weighted by atomic mass is 35.5. The third kappa shape index (κ3) is 4.02. The van der Waals surface area contributed by atoms with Gasteiger partial charge in [0.2, 0.25) is 5.91 Å². The number of thiophene rings is 1. The molecule has 116 valence electrons. The zero-order chi connectivity index (χ0) is 16.1. The van der Waals surface area contributed by atoms with E-state index in [9.17, 15) is 4.79 Å². The van der Waals surface area contributed by atoms with Crippen molar-refractivity contribution in [1.29, 1.82) is 0 Å². The number of hydrogen-bond donors (Lipinski definition) is 1. The zero-order valence-electron chi connectivity index (χ0n) is 12.5. The van der Waals surface area contributed by atoms with E-state index in [0.717, 1.165) is 10.4 Å². The molecule has 0 fully saturated rings. The van der Waals surface area contributed by atoms with Crippen LogP contribution in [0.2, 0.25) is 4.34 Å². The molecule has 0 spiro atoms. The van der Waals surface area contributed by atoms with E-state index in [1.807, 2.05) is 19.1 Å². The van der Waals surface area contributed by atoms with E-state index in [2.05, 4.69) is 5.32 Å². The predicted octanol–water partition coefficient (Wildman–Crippen LogP) is 4.38. The molecule has 0 unspecified atom stereocenters. The Morgan fingerprint density at radius 1 is 1.23 bits per heavy atom. The molecule has 1 aromatic heterocycles. The quantitative estimate of drug-likeness (QED) is 0.824. The van der Waals surface area contributed by atoms with Gasteiger partial charge in [0.15, 0.2) is 11.5 Å². The molecule has 1 N–H and O–H groups in total. The van der Waals surface area contributed by atoms with E-state index in [1.165, 1.54) is 17.4 Å². The monoisotopic (exact) mass is 337 g/mol. The van der Waals surface area contributed by atoms with Gasteiger partial charge in [-0.2, -0.15) is 0 Å². The largest absolute Gasteiger partial charge is 0.493 e. The van der Waals surface area contributed by atoms with Crippen LogP contribution < -0.4 is 14.8 Å². The SMILES string of the molecule is COc1cc(C)c(NC(=O)/C=C/c2ccc(Cl)s2)cc1OC. The number of methoxy groups -OCH3 is 2. The molecule has 0 atom stereocenters. The molecule has 2 rings (SSSR count). The topological polar surface area (TPSA) is 47.6 Å². The maximum atomic E-state index is 12.0. The first-order chi connectivity index (χ1) is 10.5. The smallest absolute Gasteiger partial charge is 0.248 e. The Morgan fingerprint density at radius 2 is 1.91 bits per heavy atom. The Balaban J connectivity index is 2.12. The van der Waals surface area contributed by atoms with Gasteiger partial charge in [-0.15, -0.1) is 11.3 Å². The third-order valence-electron chi connectivity index (χ3n) is 2.98. The summed E-state index contributed by atoms with van der Waals surface area (Å²) in [5, 5.41) is 2.82. The molecule has 1 aromatic carbocycles. The van der Waals surface area contributed by atoms with Crippen molar-refractivity contribution in [2.45, 2.75) is 6.92 Å². The maximum Gasteiger partial charge on any atom is 0.248 e. The third-order valence-corrected chi connectivity index (χ3v) is 4.18. The molecule has 0 aliphatic heterocycles. The normalized spacial score (nSPS) is 10.7. The fourth-order valence-corrected chi connectivity index (χ4v) is 2.83. The number of nitrogens with one attached hydrogen (secondary N) is 1. The summed E-state index contributed by atoms with van der Waals surface area (Å²) in [7, 11) is 3.13. The van der Waals surface area contributed by atoms with Gasteiger partial charge in [-0.05, 0) is 36.8 Å². The Hall–Kier alpha value is -1.98. The van der Waals surface area contributed by atoms with Crippen LogP contribution in [-0.2, 0) is 4.79 Å². The second kappa shape index (κ2) is 7.33. The van der Waals surface area contributed by atoms with Crippen LogP contribution in [0.5, 0.6) is 11.5 Å². The second-order valence-corrected chi connectivity index (χ2v) is 6.23. The van der Waals surface area contributed by atoms with Gasteiger partial charge >= 0.3 is 0 Å². The van der Waals surface area contributed by atoms with Crippen molar-refractivity contribution in [3.05, 3.63) is 45.1 Å². The number of hydrogen-bond acceptors (Lipinski definition) is 4. The van der Waals surface area contributed by atoms with E-state index >= 15 is 0 Å². The van der Waals surface area contributed by atoms with Crippen molar-refractivity contribution >= 4 is 40.6 Å². The summed E-state index contributed by atoms with van der Waals surface area (Å²) in [4.78, 5) is 12.9. The van der Waals surface area contributed by atoms with Gasteiger partial charge in [0.05, 0.1) is 18.6 Å². The van der Waals surface area contributed by atoms with Crippen LogP contribution in [0.15, 0.2) is 30.3 Å². The minimum Gasteiger partial charge on any atom is -0.493 e. The first-order valence-corrected chi connectivity index (χ1v) is 7.70. The van der Waals surface area contributed by atoms with Gasteiger partial charge in [-0.1, -0.05) is 11.6 Å². The van der Waals surface area contributed by atoms with Gasteiger partial charge in [0.1, 0.15) is 0 Å². The summed E-state index contributed by atoms with van der Waals surface area (Å²) in [5.41, 5.74) is 1.56. The van der Waals surface area contributed by atoms with Gasteiger partial charge in [0.25, 0.3) is 0 Å². The first kappa shape index (κ1) is 16.4. The summed E-state index contributed by atoms with van der Waals surface area (Å²) in [5.74, 6) is 0.971. The van der Waals surface area contributed by atoms with Crippen LogP contribution in [0.25, 0.3) is 6.08 Å². The molecule has 6 heteroatoms. The van der Waals surface area contributed by atoms with Crippen LogP contribution in [0.3, 0.4) is 0 Å². The van der Waals surface area contributed by atoms with E-state index < -0.39 is 0 Å². The number of rotatable bonds is 5. The summed E-state index contributed by atoms with van der Waals surface area (Å²) in [6.07, 6.45) is 3.19. The van der Waals surface area contributed by atoms with Crippen molar-refractivity contribution in [2.24, 2.45) is 0 Å². The number of ether oxygens (including phenoxy) is 2. The number of aryl methyl sites for hydroxylation is 1. The number of carbonyl (C=O) groups is 1. The van der Waals surface area contributed by atoms with Crippen molar-refractivity contribution in [3.8, 4) is 11.5 Å².